The molecule has 168 valence electrons. The average Bonchev–Trinajstić information content (AvgIpc) is 3.04. The topological polar surface area (TPSA) is 116 Å². The molecule has 0 radical (unpaired) electrons. The van der Waals surface area contributed by atoms with E-state index in [1.807, 2.05) is 48.5 Å². The Hall–Kier alpha value is -3.39. The van der Waals surface area contributed by atoms with Gasteiger partial charge in [0.05, 0.1) is 12.5 Å². The summed E-state index contributed by atoms with van der Waals surface area (Å²) in [5.74, 6) is -1.87. The SMILES string of the molecule is C[C@@H](O)C1CN(C(=O)C(CC(=O)O)NC(=O)OCC2c3ccccc3-c3ccccc32)C1. The van der Waals surface area contributed by atoms with E-state index in [9.17, 15) is 24.6 Å². The van der Waals surface area contributed by atoms with Crippen LogP contribution in [0.1, 0.15) is 30.4 Å². The first kappa shape index (κ1) is 21.8. The zero-order valence-electron chi connectivity index (χ0n) is 17.7. The lowest BCUT2D eigenvalue weighted by molar-refractivity contribution is -0.147. The van der Waals surface area contributed by atoms with Crippen molar-refractivity contribution < 1.29 is 29.3 Å². The number of ether oxygens (including phenoxy) is 1. The quantitative estimate of drug-likeness (QED) is 0.610. The van der Waals surface area contributed by atoms with E-state index in [0.29, 0.717) is 13.1 Å². The van der Waals surface area contributed by atoms with Crippen LogP contribution < -0.4 is 5.32 Å². The number of fused-ring (bicyclic) bond motifs is 3. The highest BCUT2D eigenvalue weighted by molar-refractivity contribution is 5.89. The minimum absolute atomic E-state index is 0.0427. The van der Waals surface area contributed by atoms with Gasteiger partial charge in [0.25, 0.3) is 0 Å². The molecule has 2 aliphatic rings. The van der Waals surface area contributed by atoms with Crippen molar-refractivity contribution in [2.75, 3.05) is 19.7 Å². The summed E-state index contributed by atoms with van der Waals surface area (Å²) in [5, 5.41) is 21.2. The Balaban J connectivity index is 1.40. The second-order valence-corrected chi connectivity index (χ2v) is 8.36. The van der Waals surface area contributed by atoms with Crippen molar-refractivity contribution >= 4 is 18.0 Å². The number of aliphatic hydroxyl groups is 1. The lowest BCUT2D eigenvalue weighted by Crippen LogP contribution is -2.59. The largest absolute Gasteiger partial charge is 0.481 e. The molecule has 3 N–H and O–H groups in total. The van der Waals surface area contributed by atoms with E-state index in [1.54, 1.807) is 6.92 Å². The van der Waals surface area contributed by atoms with E-state index in [-0.39, 0.29) is 18.4 Å². The normalized spacial score (nSPS) is 17.0. The number of carbonyl (C=O) groups excluding carboxylic acids is 2. The summed E-state index contributed by atoms with van der Waals surface area (Å²) in [5.41, 5.74) is 4.32. The number of nitrogens with one attached hydrogen (secondary N) is 1. The van der Waals surface area contributed by atoms with Crippen LogP contribution in [0.4, 0.5) is 4.79 Å². The molecule has 1 unspecified atom stereocenters. The van der Waals surface area contributed by atoms with Crippen molar-refractivity contribution in [1.82, 2.24) is 10.2 Å². The molecule has 32 heavy (non-hydrogen) atoms. The summed E-state index contributed by atoms with van der Waals surface area (Å²) >= 11 is 0. The van der Waals surface area contributed by atoms with Crippen molar-refractivity contribution in [2.24, 2.45) is 5.92 Å². The van der Waals surface area contributed by atoms with Gasteiger partial charge in [-0.25, -0.2) is 4.79 Å². The Morgan fingerprint density at radius 1 is 1.06 bits per heavy atom. The van der Waals surface area contributed by atoms with E-state index in [0.717, 1.165) is 22.3 Å². The second kappa shape index (κ2) is 9.00. The molecular weight excluding hydrogens is 412 g/mol. The first-order valence-electron chi connectivity index (χ1n) is 10.6. The molecule has 1 saturated heterocycles. The van der Waals surface area contributed by atoms with Crippen LogP contribution in [0.15, 0.2) is 48.5 Å². The maximum Gasteiger partial charge on any atom is 0.407 e. The molecule has 2 aromatic rings. The molecule has 8 nitrogen and oxygen atoms in total. The number of carboxylic acids is 1. The smallest absolute Gasteiger partial charge is 0.407 e. The lowest BCUT2D eigenvalue weighted by Gasteiger charge is -2.42. The number of aliphatic carboxylic acids is 1. The van der Waals surface area contributed by atoms with Crippen molar-refractivity contribution in [3.8, 4) is 11.1 Å². The van der Waals surface area contributed by atoms with Gasteiger partial charge < -0.3 is 25.2 Å². The summed E-state index contributed by atoms with van der Waals surface area (Å²) in [6, 6.07) is 14.6. The predicted octanol–water partition coefficient (Wildman–Crippen LogP) is 2.21. The number of likely N-dealkylation sites (tertiary alicyclic amines) is 1. The monoisotopic (exact) mass is 438 g/mol. The summed E-state index contributed by atoms with van der Waals surface area (Å²) in [7, 11) is 0. The van der Waals surface area contributed by atoms with Crippen molar-refractivity contribution in [2.45, 2.75) is 31.4 Å². The number of carboxylic acid groups (broad SMARTS) is 1. The third-order valence-corrected chi connectivity index (χ3v) is 6.22. The van der Waals surface area contributed by atoms with Crippen LogP contribution in [0.3, 0.4) is 0 Å². The van der Waals surface area contributed by atoms with E-state index < -0.39 is 36.5 Å². The van der Waals surface area contributed by atoms with Crippen LogP contribution in [0.25, 0.3) is 11.1 Å². The molecule has 2 aromatic carbocycles. The number of aliphatic hydroxyl groups excluding tert-OH is 1. The van der Waals surface area contributed by atoms with Crippen LogP contribution in [-0.2, 0) is 14.3 Å². The van der Waals surface area contributed by atoms with Gasteiger partial charge in [-0.3, -0.25) is 9.59 Å². The highest BCUT2D eigenvalue weighted by atomic mass is 16.5. The third kappa shape index (κ3) is 4.31. The third-order valence-electron chi connectivity index (χ3n) is 6.22. The summed E-state index contributed by atoms with van der Waals surface area (Å²) in [6.07, 6.45) is -1.93. The first-order chi connectivity index (χ1) is 15.3. The van der Waals surface area contributed by atoms with Crippen LogP contribution >= 0.6 is 0 Å². The first-order valence-corrected chi connectivity index (χ1v) is 10.6. The molecule has 0 saturated carbocycles. The maximum absolute atomic E-state index is 12.7. The van der Waals surface area contributed by atoms with Crippen molar-refractivity contribution in [3.05, 3.63) is 59.7 Å². The molecule has 0 aromatic heterocycles. The zero-order chi connectivity index (χ0) is 22.8. The minimum atomic E-state index is -1.22. The molecular formula is C24H26N2O6. The van der Waals surface area contributed by atoms with Gasteiger partial charge in [0.15, 0.2) is 0 Å². The number of benzene rings is 2. The molecule has 4 rings (SSSR count). The van der Waals surface area contributed by atoms with Gasteiger partial charge in [0.2, 0.25) is 5.91 Å². The fourth-order valence-electron chi connectivity index (χ4n) is 4.38. The molecule has 2 amide bonds. The van der Waals surface area contributed by atoms with Crippen molar-refractivity contribution in [3.63, 3.8) is 0 Å². The Morgan fingerprint density at radius 3 is 2.16 bits per heavy atom. The van der Waals surface area contributed by atoms with Crippen LogP contribution in [0, 0.1) is 5.92 Å². The van der Waals surface area contributed by atoms with E-state index in [4.69, 9.17) is 4.74 Å². The number of carbonyl (C=O) groups is 3. The summed E-state index contributed by atoms with van der Waals surface area (Å²) < 4.78 is 5.44. The van der Waals surface area contributed by atoms with Gasteiger partial charge in [0, 0.05) is 24.9 Å². The molecule has 0 bridgehead atoms. The lowest BCUT2D eigenvalue weighted by atomic mass is 9.93. The number of amides is 2. The van der Waals surface area contributed by atoms with Crippen LogP contribution in [-0.4, -0.2) is 64.9 Å². The number of rotatable bonds is 7. The van der Waals surface area contributed by atoms with Crippen LogP contribution in [0.5, 0.6) is 0 Å². The standard InChI is InChI=1S/C24H26N2O6/c1-14(27)15-11-26(12-15)23(30)21(10-22(28)29)25-24(31)32-13-20-18-8-4-2-6-16(18)17-7-3-5-9-19(17)20/h2-9,14-15,20-21,27H,10-13H2,1H3,(H,25,31)(H,28,29)/t14-,21?/m1/s1. The summed E-state index contributed by atoms with van der Waals surface area (Å²) in [4.78, 5) is 37.8. The Bertz CT molecular complexity index is 985. The Kier molecular flexibility index (Phi) is 6.14. The number of alkyl carbamates (subject to hydrolysis) is 1. The zero-order valence-corrected chi connectivity index (χ0v) is 17.7. The predicted molar refractivity (Wildman–Crippen MR) is 116 cm³/mol. The molecule has 8 heteroatoms. The molecule has 0 spiro atoms. The maximum atomic E-state index is 12.7. The van der Waals surface area contributed by atoms with E-state index in [1.165, 1.54) is 4.90 Å². The number of nitrogens with zero attached hydrogens (tertiary/aromatic N) is 1. The number of hydrogen-bond acceptors (Lipinski definition) is 5. The summed E-state index contributed by atoms with van der Waals surface area (Å²) in [6.45, 7) is 2.38. The highest BCUT2D eigenvalue weighted by Crippen LogP contribution is 2.44. The highest BCUT2D eigenvalue weighted by Gasteiger charge is 2.38. The van der Waals surface area contributed by atoms with E-state index in [2.05, 4.69) is 5.32 Å². The minimum Gasteiger partial charge on any atom is -0.481 e. The second-order valence-electron chi connectivity index (χ2n) is 8.36. The van der Waals surface area contributed by atoms with Crippen LogP contribution in [0.2, 0.25) is 0 Å². The van der Waals surface area contributed by atoms with Crippen molar-refractivity contribution in [1.29, 1.82) is 0 Å². The molecule has 2 atom stereocenters. The van der Waals surface area contributed by atoms with Gasteiger partial charge in [0.1, 0.15) is 12.6 Å². The van der Waals surface area contributed by atoms with Gasteiger partial charge >= 0.3 is 12.1 Å². The van der Waals surface area contributed by atoms with Gasteiger partial charge in [-0.05, 0) is 29.2 Å². The molecule has 1 heterocycles. The Labute approximate surface area is 185 Å². The van der Waals surface area contributed by atoms with Gasteiger partial charge in [-0.2, -0.15) is 0 Å². The fraction of sp³-hybridized carbons (Fsp3) is 0.375. The Morgan fingerprint density at radius 2 is 1.62 bits per heavy atom. The van der Waals surface area contributed by atoms with E-state index >= 15 is 0 Å². The molecule has 1 aliphatic carbocycles. The van der Waals surface area contributed by atoms with Gasteiger partial charge in [-0.15, -0.1) is 0 Å². The fourth-order valence-corrected chi connectivity index (χ4v) is 4.38. The number of hydrogen-bond donors (Lipinski definition) is 3. The average molecular weight is 438 g/mol. The molecule has 1 aliphatic heterocycles. The molecule has 1 fully saturated rings. The van der Waals surface area contributed by atoms with Gasteiger partial charge in [-0.1, -0.05) is 48.5 Å².